The summed E-state index contributed by atoms with van der Waals surface area (Å²) < 4.78 is 0. The number of aliphatic hydroxyl groups is 1. The molecule has 0 aliphatic carbocycles. The summed E-state index contributed by atoms with van der Waals surface area (Å²) in [5, 5.41) is 11.3. The van der Waals surface area contributed by atoms with E-state index in [0.717, 1.165) is 38.0 Å². The monoisotopic (exact) mass is 355 g/mol. The molecule has 1 atom stereocenters. The maximum Gasteiger partial charge on any atom is 0.105 e. The summed E-state index contributed by atoms with van der Waals surface area (Å²) >= 11 is 0. The van der Waals surface area contributed by atoms with Gasteiger partial charge in [0.15, 0.2) is 0 Å². The second kappa shape index (κ2) is 6.63. The predicted molar refractivity (Wildman–Crippen MR) is 110 cm³/mol. The molecule has 3 heterocycles. The third kappa shape index (κ3) is 2.99. The first-order valence-corrected chi connectivity index (χ1v) is 9.93. The first kappa shape index (κ1) is 16.7. The van der Waals surface area contributed by atoms with E-state index in [0.29, 0.717) is 5.92 Å². The van der Waals surface area contributed by atoms with Crippen molar-refractivity contribution in [1.29, 1.82) is 0 Å². The molecule has 2 nitrogen and oxygen atoms in total. The molecule has 3 aliphatic heterocycles. The van der Waals surface area contributed by atoms with Gasteiger partial charge in [-0.1, -0.05) is 78.9 Å². The highest BCUT2D eigenvalue weighted by molar-refractivity contribution is 5.70. The lowest BCUT2D eigenvalue weighted by Crippen LogP contribution is -2.57. The fourth-order valence-corrected chi connectivity index (χ4v) is 4.80. The van der Waals surface area contributed by atoms with Crippen LogP contribution in [0.2, 0.25) is 0 Å². The summed E-state index contributed by atoms with van der Waals surface area (Å²) in [4.78, 5) is 2.40. The average Bonchev–Trinajstić information content (AvgIpc) is 2.75. The van der Waals surface area contributed by atoms with E-state index in [9.17, 15) is 5.11 Å². The summed E-state index contributed by atoms with van der Waals surface area (Å²) in [5.41, 5.74) is 5.28. The van der Waals surface area contributed by atoms with E-state index < -0.39 is 5.60 Å². The fourth-order valence-electron chi connectivity index (χ4n) is 4.80. The van der Waals surface area contributed by atoms with E-state index in [-0.39, 0.29) is 0 Å². The molecule has 3 aromatic carbocycles. The Morgan fingerprint density at radius 1 is 0.667 bits per heavy atom. The molecular formula is C25H25NO. The molecule has 27 heavy (non-hydrogen) atoms. The Hall–Kier alpha value is -2.42. The molecule has 0 spiro atoms. The lowest BCUT2D eigenvalue weighted by molar-refractivity contribution is -0.117. The minimum atomic E-state index is -0.674. The van der Waals surface area contributed by atoms with Gasteiger partial charge in [-0.25, -0.2) is 0 Å². The molecule has 2 bridgehead atoms. The lowest BCUT2D eigenvalue weighted by atomic mass is 9.71. The Balaban J connectivity index is 1.39. The van der Waals surface area contributed by atoms with Crippen molar-refractivity contribution in [2.24, 2.45) is 5.92 Å². The van der Waals surface area contributed by atoms with Crippen LogP contribution in [0.1, 0.15) is 18.4 Å². The van der Waals surface area contributed by atoms with Crippen LogP contribution in [0.5, 0.6) is 0 Å². The summed E-state index contributed by atoms with van der Waals surface area (Å²) in [5.74, 6) is 0.401. The fraction of sp³-hybridized carbons (Fsp3) is 0.280. The molecule has 1 unspecified atom stereocenters. The van der Waals surface area contributed by atoms with Gasteiger partial charge >= 0.3 is 0 Å². The van der Waals surface area contributed by atoms with Crippen LogP contribution in [-0.4, -0.2) is 29.6 Å². The first-order valence-electron chi connectivity index (χ1n) is 9.93. The first-order chi connectivity index (χ1) is 13.2. The Morgan fingerprint density at radius 3 is 1.63 bits per heavy atom. The van der Waals surface area contributed by atoms with Gasteiger partial charge in [-0.05, 0) is 59.7 Å². The zero-order valence-corrected chi connectivity index (χ0v) is 15.5. The van der Waals surface area contributed by atoms with Gasteiger partial charge in [0, 0.05) is 6.54 Å². The van der Waals surface area contributed by atoms with Gasteiger partial charge in [0.25, 0.3) is 0 Å². The summed E-state index contributed by atoms with van der Waals surface area (Å²) in [7, 11) is 0. The van der Waals surface area contributed by atoms with E-state index >= 15 is 0 Å². The number of hydrogen-bond donors (Lipinski definition) is 1. The Kier molecular flexibility index (Phi) is 4.11. The van der Waals surface area contributed by atoms with Crippen LogP contribution in [0.3, 0.4) is 0 Å². The van der Waals surface area contributed by atoms with E-state index in [1.165, 1.54) is 22.3 Å². The number of rotatable bonds is 3. The standard InChI is InChI=1S/C25H25NO/c27-25(18-26-16-14-24(25)15-17-26)23-12-10-22(11-13-23)21-8-6-20(7-9-21)19-4-2-1-3-5-19/h1-13,24,27H,14-18H2. The maximum atomic E-state index is 11.3. The van der Waals surface area contributed by atoms with Gasteiger partial charge in [-0.2, -0.15) is 0 Å². The van der Waals surface area contributed by atoms with E-state index in [1.807, 2.05) is 6.07 Å². The minimum absolute atomic E-state index is 0.401. The summed E-state index contributed by atoms with van der Waals surface area (Å²) in [6, 6.07) is 27.7. The van der Waals surface area contributed by atoms with Crippen molar-refractivity contribution in [3.8, 4) is 22.3 Å². The molecule has 6 rings (SSSR count). The molecule has 0 aromatic heterocycles. The highest BCUT2D eigenvalue weighted by Gasteiger charge is 2.46. The smallest absolute Gasteiger partial charge is 0.105 e. The maximum absolute atomic E-state index is 11.3. The predicted octanol–water partition coefficient (Wildman–Crippen LogP) is 4.93. The van der Waals surface area contributed by atoms with Crippen LogP contribution in [0.4, 0.5) is 0 Å². The third-order valence-corrected chi connectivity index (χ3v) is 6.44. The second-order valence-electron chi connectivity index (χ2n) is 8.00. The largest absolute Gasteiger partial charge is 0.384 e. The van der Waals surface area contributed by atoms with Crippen molar-refractivity contribution in [1.82, 2.24) is 4.90 Å². The summed E-state index contributed by atoms with van der Waals surface area (Å²) in [6.07, 6.45) is 2.22. The molecule has 2 heteroatoms. The number of nitrogens with zero attached hydrogens (tertiary/aromatic N) is 1. The molecule has 1 N–H and O–H groups in total. The normalized spacial score (nSPS) is 26.9. The zero-order chi connectivity index (χ0) is 18.3. The van der Waals surface area contributed by atoms with Crippen LogP contribution in [0.15, 0.2) is 78.9 Å². The van der Waals surface area contributed by atoms with Crippen molar-refractivity contribution >= 4 is 0 Å². The second-order valence-corrected chi connectivity index (χ2v) is 8.00. The molecular weight excluding hydrogens is 330 g/mol. The quantitative estimate of drug-likeness (QED) is 0.720. The minimum Gasteiger partial charge on any atom is -0.384 e. The van der Waals surface area contributed by atoms with E-state index in [4.69, 9.17) is 0 Å². The Bertz CT molecular complexity index is 909. The molecule has 136 valence electrons. The van der Waals surface area contributed by atoms with E-state index in [1.54, 1.807) is 0 Å². The number of fused-ring (bicyclic) bond motifs is 3. The molecule has 3 fully saturated rings. The number of hydrogen-bond acceptors (Lipinski definition) is 2. The topological polar surface area (TPSA) is 23.5 Å². The Morgan fingerprint density at radius 2 is 1.15 bits per heavy atom. The van der Waals surface area contributed by atoms with Gasteiger partial charge in [0.1, 0.15) is 5.60 Å². The van der Waals surface area contributed by atoms with Crippen molar-refractivity contribution in [2.75, 3.05) is 19.6 Å². The molecule has 3 aliphatic rings. The SMILES string of the molecule is OC1(c2ccc(-c3ccc(-c4ccccc4)cc3)cc2)CN2CCC1CC2. The Labute approximate surface area is 161 Å². The molecule has 3 saturated heterocycles. The highest BCUT2D eigenvalue weighted by atomic mass is 16.3. The van der Waals surface area contributed by atoms with E-state index in [2.05, 4.69) is 77.7 Å². The van der Waals surface area contributed by atoms with Crippen LogP contribution in [0.25, 0.3) is 22.3 Å². The van der Waals surface area contributed by atoms with Crippen LogP contribution in [-0.2, 0) is 5.60 Å². The van der Waals surface area contributed by atoms with Gasteiger partial charge < -0.3 is 10.0 Å². The number of piperidine rings is 3. The highest BCUT2D eigenvalue weighted by Crippen LogP contribution is 2.42. The van der Waals surface area contributed by atoms with Gasteiger partial charge in [0.2, 0.25) is 0 Å². The average molecular weight is 355 g/mol. The van der Waals surface area contributed by atoms with Crippen molar-refractivity contribution in [3.05, 3.63) is 84.4 Å². The van der Waals surface area contributed by atoms with Crippen LogP contribution >= 0.6 is 0 Å². The number of benzene rings is 3. The van der Waals surface area contributed by atoms with Gasteiger partial charge in [-0.15, -0.1) is 0 Å². The van der Waals surface area contributed by atoms with Crippen LogP contribution in [0, 0.1) is 5.92 Å². The molecule has 0 radical (unpaired) electrons. The van der Waals surface area contributed by atoms with Gasteiger partial charge in [-0.3, -0.25) is 0 Å². The third-order valence-electron chi connectivity index (χ3n) is 6.44. The van der Waals surface area contributed by atoms with Crippen molar-refractivity contribution in [2.45, 2.75) is 18.4 Å². The van der Waals surface area contributed by atoms with Gasteiger partial charge in [0.05, 0.1) is 0 Å². The lowest BCUT2D eigenvalue weighted by Gasteiger charge is -2.50. The zero-order valence-electron chi connectivity index (χ0n) is 15.5. The molecule has 3 aromatic rings. The molecule has 0 saturated carbocycles. The van der Waals surface area contributed by atoms with Crippen molar-refractivity contribution < 1.29 is 5.11 Å². The van der Waals surface area contributed by atoms with Crippen molar-refractivity contribution in [3.63, 3.8) is 0 Å². The molecule has 0 amide bonds. The summed E-state index contributed by atoms with van der Waals surface area (Å²) in [6.45, 7) is 3.06. The van der Waals surface area contributed by atoms with Crippen LogP contribution < -0.4 is 0 Å².